The van der Waals surface area contributed by atoms with E-state index in [9.17, 15) is 9.59 Å². The van der Waals surface area contributed by atoms with Gasteiger partial charge in [-0.15, -0.1) is 0 Å². The van der Waals surface area contributed by atoms with Crippen molar-refractivity contribution in [3.63, 3.8) is 0 Å². The maximum absolute atomic E-state index is 12.6. The molecule has 28 heavy (non-hydrogen) atoms. The van der Waals surface area contributed by atoms with Gasteiger partial charge in [-0.2, -0.15) is 0 Å². The Bertz CT molecular complexity index is 860. The summed E-state index contributed by atoms with van der Waals surface area (Å²) >= 11 is 2.20. The molecule has 148 valence electrons. The predicted molar refractivity (Wildman–Crippen MR) is 114 cm³/mol. The summed E-state index contributed by atoms with van der Waals surface area (Å²) in [7, 11) is 4.56. The van der Waals surface area contributed by atoms with E-state index in [-0.39, 0.29) is 24.8 Å². The van der Waals surface area contributed by atoms with Crippen molar-refractivity contribution < 1.29 is 23.8 Å². The van der Waals surface area contributed by atoms with Crippen molar-refractivity contribution in [2.24, 2.45) is 5.92 Å². The number of amides is 2. The number of ether oxygens (including phenoxy) is 3. The number of benzene rings is 2. The molecular weight excluding hydrogens is 475 g/mol. The van der Waals surface area contributed by atoms with Gasteiger partial charge in [0.05, 0.1) is 32.9 Å². The molecule has 1 fully saturated rings. The monoisotopic (exact) mass is 496 g/mol. The van der Waals surface area contributed by atoms with Gasteiger partial charge in [-0.1, -0.05) is 0 Å². The summed E-state index contributed by atoms with van der Waals surface area (Å²) in [5.41, 5.74) is 1.31. The predicted octanol–water partition coefficient (Wildman–Crippen LogP) is 3.31. The van der Waals surface area contributed by atoms with E-state index < -0.39 is 5.92 Å². The van der Waals surface area contributed by atoms with Crippen molar-refractivity contribution in [3.05, 3.63) is 40.0 Å². The van der Waals surface area contributed by atoms with Gasteiger partial charge in [-0.05, 0) is 46.9 Å². The number of anilines is 2. The molecule has 1 saturated heterocycles. The SMILES string of the molecule is COc1cc(N2CC(C(=O)Nc3ccc(I)cc3)CC2=O)cc(OC)c1OC. The molecule has 0 saturated carbocycles. The first-order chi connectivity index (χ1) is 13.5. The van der Waals surface area contributed by atoms with E-state index >= 15 is 0 Å². The highest BCUT2D eigenvalue weighted by Gasteiger charge is 2.36. The van der Waals surface area contributed by atoms with E-state index in [1.165, 1.54) is 21.3 Å². The van der Waals surface area contributed by atoms with Crippen LogP contribution in [0.15, 0.2) is 36.4 Å². The summed E-state index contributed by atoms with van der Waals surface area (Å²) in [5.74, 6) is 0.619. The lowest BCUT2D eigenvalue weighted by Gasteiger charge is -2.20. The van der Waals surface area contributed by atoms with Crippen molar-refractivity contribution in [2.75, 3.05) is 38.1 Å². The van der Waals surface area contributed by atoms with Crippen molar-refractivity contribution in [3.8, 4) is 17.2 Å². The summed E-state index contributed by atoms with van der Waals surface area (Å²) in [6.07, 6.45) is 0.146. The fourth-order valence-electron chi connectivity index (χ4n) is 3.13. The van der Waals surface area contributed by atoms with Gasteiger partial charge in [0.25, 0.3) is 0 Å². The maximum atomic E-state index is 12.6. The number of nitrogens with zero attached hydrogens (tertiary/aromatic N) is 1. The Hall–Kier alpha value is -2.49. The Morgan fingerprint density at radius 3 is 2.21 bits per heavy atom. The lowest BCUT2D eigenvalue weighted by atomic mass is 10.1. The molecule has 3 rings (SSSR count). The lowest BCUT2D eigenvalue weighted by molar-refractivity contribution is -0.122. The van der Waals surface area contributed by atoms with Crippen LogP contribution in [0.3, 0.4) is 0 Å². The fourth-order valence-corrected chi connectivity index (χ4v) is 3.49. The van der Waals surface area contributed by atoms with Crippen molar-refractivity contribution in [1.82, 2.24) is 0 Å². The van der Waals surface area contributed by atoms with Crippen molar-refractivity contribution >= 4 is 45.8 Å². The molecule has 2 amide bonds. The van der Waals surface area contributed by atoms with Gasteiger partial charge in [0, 0.05) is 34.4 Å². The van der Waals surface area contributed by atoms with Crippen molar-refractivity contribution in [1.29, 1.82) is 0 Å². The zero-order valence-corrected chi connectivity index (χ0v) is 18.0. The summed E-state index contributed by atoms with van der Waals surface area (Å²) in [4.78, 5) is 26.8. The van der Waals surface area contributed by atoms with E-state index in [0.717, 1.165) is 3.57 Å². The van der Waals surface area contributed by atoms with Crippen LogP contribution in [0.1, 0.15) is 6.42 Å². The lowest BCUT2D eigenvalue weighted by Crippen LogP contribution is -2.28. The first-order valence-electron chi connectivity index (χ1n) is 8.63. The zero-order chi connectivity index (χ0) is 20.3. The van der Waals surface area contributed by atoms with E-state index in [4.69, 9.17) is 14.2 Å². The molecule has 1 aliphatic heterocycles. The molecule has 1 atom stereocenters. The number of nitrogens with one attached hydrogen (secondary N) is 1. The topological polar surface area (TPSA) is 77.1 Å². The number of halogens is 1. The maximum Gasteiger partial charge on any atom is 0.229 e. The van der Waals surface area contributed by atoms with Crippen LogP contribution >= 0.6 is 22.6 Å². The van der Waals surface area contributed by atoms with Gasteiger partial charge in [0.15, 0.2) is 11.5 Å². The largest absolute Gasteiger partial charge is 0.493 e. The minimum atomic E-state index is -0.439. The number of carbonyl (C=O) groups is 2. The molecule has 2 aromatic carbocycles. The molecule has 0 aliphatic carbocycles. The van der Waals surface area contributed by atoms with Crippen LogP contribution in [-0.4, -0.2) is 39.7 Å². The van der Waals surface area contributed by atoms with Gasteiger partial charge in [-0.25, -0.2) is 0 Å². The number of hydrogen-bond donors (Lipinski definition) is 1. The third-order valence-electron chi connectivity index (χ3n) is 4.57. The van der Waals surface area contributed by atoms with Gasteiger partial charge in [0.1, 0.15) is 0 Å². The van der Waals surface area contributed by atoms with Crippen LogP contribution in [-0.2, 0) is 9.59 Å². The third kappa shape index (κ3) is 4.16. The third-order valence-corrected chi connectivity index (χ3v) is 5.29. The minimum absolute atomic E-state index is 0.128. The van der Waals surface area contributed by atoms with Crippen LogP contribution in [0.25, 0.3) is 0 Å². The number of carbonyl (C=O) groups excluding carboxylic acids is 2. The highest BCUT2D eigenvalue weighted by molar-refractivity contribution is 14.1. The number of hydrogen-bond acceptors (Lipinski definition) is 5. The van der Waals surface area contributed by atoms with E-state index in [1.54, 1.807) is 17.0 Å². The molecular formula is C20H21IN2O5. The molecule has 0 aromatic heterocycles. The summed E-state index contributed by atoms with van der Waals surface area (Å²) in [5, 5.41) is 2.88. The molecule has 0 bridgehead atoms. The fraction of sp³-hybridized carbons (Fsp3) is 0.300. The van der Waals surface area contributed by atoms with E-state index in [1.807, 2.05) is 24.3 Å². The highest BCUT2D eigenvalue weighted by atomic mass is 127. The summed E-state index contributed by atoms with van der Waals surface area (Å²) in [6, 6.07) is 10.9. The van der Waals surface area contributed by atoms with Crippen LogP contribution in [0, 0.1) is 9.49 Å². The van der Waals surface area contributed by atoms with Crippen LogP contribution in [0.5, 0.6) is 17.2 Å². The molecule has 0 radical (unpaired) electrons. The standard InChI is InChI=1S/C20H21IN2O5/c1-26-16-9-15(10-17(27-2)19(16)28-3)23-11-12(8-18(23)24)20(25)22-14-6-4-13(21)5-7-14/h4-7,9-10,12H,8,11H2,1-3H3,(H,22,25). The van der Waals surface area contributed by atoms with Crippen molar-refractivity contribution in [2.45, 2.75) is 6.42 Å². The average Bonchev–Trinajstić information content (AvgIpc) is 3.10. The molecule has 1 aliphatic rings. The molecule has 1 heterocycles. The second-order valence-corrected chi connectivity index (χ2v) is 7.53. The second-order valence-electron chi connectivity index (χ2n) is 6.29. The van der Waals surface area contributed by atoms with Gasteiger partial charge in [0.2, 0.25) is 17.6 Å². The molecule has 0 spiro atoms. The van der Waals surface area contributed by atoms with Gasteiger partial charge < -0.3 is 24.4 Å². The quantitative estimate of drug-likeness (QED) is 0.622. The Morgan fingerprint density at radius 1 is 1.07 bits per heavy atom. The van der Waals surface area contributed by atoms with Gasteiger partial charge >= 0.3 is 0 Å². The zero-order valence-electron chi connectivity index (χ0n) is 15.8. The second kappa shape index (κ2) is 8.68. The van der Waals surface area contributed by atoms with Crippen LogP contribution < -0.4 is 24.4 Å². The van der Waals surface area contributed by atoms with E-state index in [0.29, 0.717) is 28.6 Å². The first-order valence-corrected chi connectivity index (χ1v) is 9.71. The minimum Gasteiger partial charge on any atom is -0.493 e. The molecule has 1 N–H and O–H groups in total. The summed E-state index contributed by atoms with van der Waals surface area (Å²) in [6.45, 7) is 0.285. The normalized spacial score (nSPS) is 16.1. The molecule has 7 nitrogen and oxygen atoms in total. The molecule has 8 heteroatoms. The Balaban J connectivity index is 1.79. The first kappa shape index (κ1) is 20.2. The Labute approximate surface area is 177 Å². The molecule has 2 aromatic rings. The Kier molecular flexibility index (Phi) is 6.28. The van der Waals surface area contributed by atoms with Gasteiger partial charge in [-0.3, -0.25) is 9.59 Å². The number of rotatable bonds is 6. The van der Waals surface area contributed by atoms with Crippen LogP contribution in [0.4, 0.5) is 11.4 Å². The highest BCUT2D eigenvalue weighted by Crippen LogP contribution is 2.42. The average molecular weight is 496 g/mol. The van der Waals surface area contributed by atoms with E-state index in [2.05, 4.69) is 27.9 Å². The Morgan fingerprint density at radius 2 is 1.68 bits per heavy atom. The smallest absolute Gasteiger partial charge is 0.229 e. The number of methoxy groups -OCH3 is 3. The summed E-state index contributed by atoms with van der Waals surface area (Å²) < 4.78 is 17.1. The van der Waals surface area contributed by atoms with Crippen LogP contribution in [0.2, 0.25) is 0 Å². The molecule has 1 unspecified atom stereocenters.